The quantitative estimate of drug-likeness (QED) is 0.294. The number of nitrogens with zero attached hydrogens (tertiary/aromatic N) is 4. The fourth-order valence-electron chi connectivity index (χ4n) is 7.01. The van der Waals surface area contributed by atoms with Crippen molar-refractivity contribution in [3.05, 3.63) is 57.3 Å². The van der Waals surface area contributed by atoms with E-state index in [9.17, 15) is 19.2 Å². The molecule has 0 aliphatic carbocycles. The van der Waals surface area contributed by atoms with E-state index in [2.05, 4.69) is 38.0 Å². The lowest BCUT2D eigenvalue weighted by molar-refractivity contribution is -0.136. The molecule has 0 radical (unpaired) electrons. The first kappa shape index (κ1) is 32.6. The van der Waals surface area contributed by atoms with E-state index in [0.717, 1.165) is 85.5 Å². The summed E-state index contributed by atoms with van der Waals surface area (Å²) in [6.07, 6.45) is 4.60. The van der Waals surface area contributed by atoms with Gasteiger partial charge in [0.05, 0.1) is 23.4 Å². The Balaban J connectivity index is 0.931. The Morgan fingerprint density at radius 1 is 0.913 bits per heavy atom. The van der Waals surface area contributed by atoms with E-state index in [1.807, 2.05) is 23.1 Å². The monoisotopic (exact) mass is 697 g/mol. The number of piperazine rings is 1. The normalized spacial score (nSPS) is 21.6. The molecule has 1 N–H and O–H groups in total. The summed E-state index contributed by atoms with van der Waals surface area (Å²) in [6.45, 7) is 9.96. The Hall–Kier alpha value is -3.35. The van der Waals surface area contributed by atoms with Crippen LogP contribution in [0.25, 0.3) is 0 Å². The molecule has 46 heavy (non-hydrogen) atoms. The summed E-state index contributed by atoms with van der Waals surface area (Å²) >= 11 is 3.56. The van der Waals surface area contributed by atoms with Gasteiger partial charge in [-0.05, 0) is 88.8 Å². The minimum absolute atomic E-state index is 0.0371. The van der Waals surface area contributed by atoms with E-state index in [1.165, 1.54) is 18.9 Å². The highest BCUT2D eigenvalue weighted by molar-refractivity contribution is 9.10. The van der Waals surface area contributed by atoms with Gasteiger partial charge in [-0.25, -0.2) is 4.39 Å². The Kier molecular flexibility index (Phi) is 10.0. The lowest BCUT2D eigenvalue weighted by Crippen LogP contribution is -2.54. The largest absolute Gasteiger partial charge is 0.493 e. The summed E-state index contributed by atoms with van der Waals surface area (Å²) in [5.74, 6) is -1.40. The third kappa shape index (κ3) is 6.99. The second kappa shape index (κ2) is 14.2. The number of rotatable bonds is 10. The number of likely N-dealkylation sites (tertiary alicyclic amines) is 1. The van der Waals surface area contributed by atoms with Gasteiger partial charge in [-0.1, -0.05) is 22.0 Å². The van der Waals surface area contributed by atoms with E-state index >= 15 is 4.39 Å². The third-order valence-electron chi connectivity index (χ3n) is 9.79. The summed E-state index contributed by atoms with van der Waals surface area (Å²) in [5, 5.41) is 2.18. The van der Waals surface area contributed by atoms with Crippen molar-refractivity contribution in [3.8, 4) is 5.75 Å². The number of halogens is 2. The van der Waals surface area contributed by atoms with Crippen LogP contribution in [0.2, 0.25) is 0 Å². The SMILES string of the molecule is Cc1c(Br)cccc1OCCCCN1CCC(CN2CCN(c3cc4c(cc3F)C(=O)N(C3CCC(=O)NC3=O)C4=O)CC2)CC1. The number of anilines is 1. The topological polar surface area (TPSA) is 102 Å². The lowest BCUT2D eigenvalue weighted by Gasteiger charge is -2.39. The standard InChI is InChI=1S/C34H41BrFN5O5/c1-22-26(35)5-4-6-30(22)46-18-3-2-11-38-12-9-23(10-13-38)21-39-14-16-40(17-15-39)29-20-25-24(19-27(29)36)33(44)41(34(25)45)28-7-8-31(42)37-32(28)43/h4-6,19-20,23,28H,2-3,7-18,21H2,1H3,(H,37,42,43). The number of piperidine rings is 2. The molecule has 3 saturated heterocycles. The van der Waals surface area contributed by atoms with Gasteiger partial charge in [-0.15, -0.1) is 0 Å². The van der Waals surface area contributed by atoms with E-state index in [4.69, 9.17) is 4.74 Å². The summed E-state index contributed by atoms with van der Waals surface area (Å²) in [5.41, 5.74) is 1.50. The Morgan fingerprint density at radius 2 is 1.63 bits per heavy atom. The molecule has 0 aromatic heterocycles. The lowest BCUT2D eigenvalue weighted by atomic mass is 9.95. The Labute approximate surface area is 277 Å². The molecule has 4 amide bonds. The fourth-order valence-corrected chi connectivity index (χ4v) is 7.36. The zero-order chi connectivity index (χ0) is 32.4. The van der Waals surface area contributed by atoms with Crippen LogP contribution in [-0.4, -0.2) is 103 Å². The zero-order valence-electron chi connectivity index (χ0n) is 26.2. The molecule has 3 fully saturated rings. The number of carbonyl (C=O) groups excluding carboxylic acids is 4. The third-order valence-corrected chi connectivity index (χ3v) is 10.6. The molecule has 2 aromatic rings. The number of hydrogen-bond acceptors (Lipinski definition) is 8. The van der Waals surface area contributed by atoms with Crippen molar-refractivity contribution < 1.29 is 28.3 Å². The van der Waals surface area contributed by atoms with Crippen LogP contribution >= 0.6 is 15.9 Å². The van der Waals surface area contributed by atoms with Crippen LogP contribution in [0.15, 0.2) is 34.8 Å². The van der Waals surface area contributed by atoms with Crippen LogP contribution < -0.4 is 15.0 Å². The molecule has 10 nitrogen and oxygen atoms in total. The van der Waals surface area contributed by atoms with Crippen LogP contribution in [-0.2, 0) is 9.59 Å². The maximum atomic E-state index is 15.3. The first-order chi connectivity index (χ1) is 22.2. The molecule has 6 rings (SSSR count). The van der Waals surface area contributed by atoms with Gasteiger partial charge in [0.25, 0.3) is 11.8 Å². The number of carbonyl (C=O) groups is 4. The maximum absolute atomic E-state index is 15.3. The molecule has 4 aliphatic heterocycles. The van der Waals surface area contributed by atoms with Crippen molar-refractivity contribution in [2.75, 3.05) is 63.9 Å². The van der Waals surface area contributed by atoms with Crippen molar-refractivity contribution in [1.29, 1.82) is 0 Å². The number of ether oxygens (including phenoxy) is 1. The maximum Gasteiger partial charge on any atom is 0.262 e. The minimum atomic E-state index is -1.07. The molecule has 1 atom stereocenters. The van der Waals surface area contributed by atoms with Gasteiger partial charge >= 0.3 is 0 Å². The van der Waals surface area contributed by atoms with Crippen LogP contribution in [0.3, 0.4) is 0 Å². The zero-order valence-corrected chi connectivity index (χ0v) is 27.8. The van der Waals surface area contributed by atoms with Gasteiger partial charge < -0.3 is 14.5 Å². The molecule has 246 valence electrons. The van der Waals surface area contributed by atoms with Crippen LogP contribution in [0, 0.1) is 18.7 Å². The van der Waals surface area contributed by atoms with Gasteiger partial charge in [0.1, 0.15) is 17.6 Å². The van der Waals surface area contributed by atoms with Gasteiger partial charge in [-0.2, -0.15) is 0 Å². The molecule has 0 saturated carbocycles. The van der Waals surface area contributed by atoms with Gasteiger partial charge in [0, 0.05) is 49.2 Å². The van der Waals surface area contributed by atoms with E-state index in [0.29, 0.717) is 24.7 Å². The minimum Gasteiger partial charge on any atom is -0.493 e. The molecule has 0 spiro atoms. The van der Waals surface area contributed by atoms with E-state index < -0.39 is 35.5 Å². The van der Waals surface area contributed by atoms with E-state index in [-0.39, 0.29) is 24.0 Å². The van der Waals surface area contributed by atoms with Crippen molar-refractivity contribution in [2.45, 2.75) is 51.5 Å². The molecule has 0 bridgehead atoms. The van der Waals surface area contributed by atoms with Gasteiger partial charge in [0.2, 0.25) is 11.8 Å². The van der Waals surface area contributed by atoms with Crippen LogP contribution in [0.1, 0.15) is 64.8 Å². The molecule has 4 aliphatic rings. The van der Waals surface area contributed by atoms with Crippen molar-refractivity contribution >= 4 is 45.2 Å². The summed E-state index contributed by atoms with van der Waals surface area (Å²) in [6, 6.07) is 7.54. The molecular formula is C34H41BrFN5O5. The number of fused-ring (bicyclic) bond motifs is 1. The van der Waals surface area contributed by atoms with Crippen LogP contribution in [0.4, 0.5) is 10.1 Å². The Morgan fingerprint density at radius 3 is 2.35 bits per heavy atom. The average Bonchev–Trinajstić information content (AvgIpc) is 3.28. The molecule has 2 aromatic carbocycles. The van der Waals surface area contributed by atoms with Crippen molar-refractivity contribution in [1.82, 2.24) is 20.0 Å². The average molecular weight is 699 g/mol. The number of amides is 4. The number of unbranched alkanes of at least 4 members (excludes halogenated alkanes) is 1. The molecule has 1 unspecified atom stereocenters. The van der Waals surface area contributed by atoms with Crippen LogP contribution in [0.5, 0.6) is 5.75 Å². The smallest absolute Gasteiger partial charge is 0.262 e. The summed E-state index contributed by atoms with van der Waals surface area (Å²) < 4.78 is 22.4. The number of imide groups is 2. The summed E-state index contributed by atoms with van der Waals surface area (Å²) in [7, 11) is 0. The summed E-state index contributed by atoms with van der Waals surface area (Å²) in [4.78, 5) is 57.9. The van der Waals surface area contributed by atoms with Gasteiger partial charge in [-0.3, -0.25) is 34.3 Å². The highest BCUT2D eigenvalue weighted by Crippen LogP contribution is 2.33. The van der Waals surface area contributed by atoms with Gasteiger partial charge in [0.15, 0.2) is 0 Å². The Bertz CT molecular complexity index is 1500. The number of benzene rings is 2. The highest BCUT2D eigenvalue weighted by atomic mass is 79.9. The highest BCUT2D eigenvalue weighted by Gasteiger charge is 2.45. The number of hydrogen-bond donors (Lipinski definition) is 1. The fraction of sp³-hybridized carbons (Fsp3) is 0.529. The number of nitrogens with one attached hydrogen (secondary N) is 1. The first-order valence-electron chi connectivity index (χ1n) is 16.3. The predicted molar refractivity (Wildman–Crippen MR) is 174 cm³/mol. The second-order valence-corrected chi connectivity index (χ2v) is 13.6. The van der Waals surface area contributed by atoms with Crippen molar-refractivity contribution in [3.63, 3.8) is 0 Å². The van der Waals surface area contributed by atoms with Crippen molar-refractivity contribution in [2.24, 2.45) is 5.92 Å². The molecular weight excluding hydrogens is 657 g/mol. The van der Waals surface area contributed by atoms with E-state index in [1.54, 1.807) is 0 Å². The molecule has 12 heteroatoms. The molecule has 4 heterocycles. The first-order valence-corrected chi connectivity index (χ1v) is 17.1. The second-order valence-electron chi connectivity index (χ2n) is 12.8. The predicted octanol–water partition coefficient (Wildman–Crippen LogP) is 3.99.